The quantitative estimate of drug-likeness (QED) is 0.905. The number of anilines is 1. The third-order valence-corrected chi connectivity index (χ3v) is 4.30. The van der Waals surface area contributed by atoms with E-state index in [0.717, 1.165) is 6.20 Å². The first-order valence-corrected chi connectivity index (χ1v) is 7.41. The molecule has 0 atom stereocenters. The van der Waals surface area contributed by atoms with Gasteiger partial charge in [-0.25, -0.2) is 12.8 Å². The third kappa shape index (κ3) is 3.06. The lowest BCUT2D eigenvalue weighted by atomic mass is 10.2. The van der Waals surface area contributed by atoms with Crippen LogP contribution in [0.25, 0.3) is 0 Å². The van der Waals surface area contributed by atoms with Crippen molar-refractivity contribution in [2.24, 2.45) is 5.73 Å². The van der Waals surface area contributed by atoms with Crippen molar-refractivity contribution in [2.75, 3.05) is 4.72 Å². The van der Waals surface area contributed by atoms with E-state index >= 15 is 0 Å². The van der Waals surface area contributed by atoms with Crippen LogP contribution in [0, 0.1) is 5.82 Å². The molecule has 0 amide bonds. The highest BCUT2D eigenvalue weighted by Gasteiger charge is 2.17. The lowest BCUT2D eigenvalue weighted by molar-refractivity contribution is 0.598. The summed E-state index contributed by atoms with van der Waals surface area (Å²) >= 11 is 5.87. The molecule has 0 aliphatic heterocycles. The number of halogens is 2. The van der Waals surface area contributed by atoms with Crippen molar-refractivity contribution in [3.05, 3.63) is 53.1 Å². The van der Waals surface area contributed by atoms with Gasteiger partial charge in [-0.2, -0.15) is 0 Å². The second kappa shape index (κ2) is 5.74. The van der Waals surface area contributed by atoms with Crippen LogP contribution in [0.2, 0.25) is 5.02 Å². The molecule has 0 fully saturated rings. The van der Waals surface area contributed by atoms with Gasteiger partial charge in [0.2, 0.25) is 0 Å². The SMILES string of the molecule is NCc1cc(S(=O)(=O)Nc2ccncc2F)ccc1Cl. The van der Waals surface area contributed by atoms with Crippen LogP contribution in [0.5, 0.6) is 0 Å². The number of rotatable bonds is 4. The van der Waals surface area contributed by atoms with Crippen molar-refractivity contribution in [2.45, 2.75) is 11.4 Å². The van der Waals surface area contributed by atoms with Gasteiger partial charge in [0, 0.05) is 17.8 Å². The monoisotopic (exact) mass is 315 g/mol. The number of nitrogens with zero attached hydrogens (tertiary/aromatic N) is 1. The summed E-state index contributed by atoms with van der Waals surface area (Å²) in [6, 6.07) is 5.33. The molecule has 0 aliphatic carbocycles. The Hall–Kier alpha value is -1.70. The van der Waals surface area contributed by atoms with Crippen LogP contribution in [0.4, 0.5) is 10.1 Å². The summed E-state index contributed by atoms with van der Waals surface area (Å²) in [5, 5.41) is 0.376. The van der Waals surface area contributed by atoms with Gasteiger partial charge in [0.1, 0.15) is 0 Å². The molecular weight excluding hydrogens is 305 g/mol. The summed E-state index contributed by atoms with van der Waals surface area (Å²) in [5.74, 6) is -0.760. The van der Waals surface area contributed by atoms with Crippen molar-refractivity contribution in [3.63, 3.8) is 0 Å². The smallest absolute Gasteiger partial charge is 0.261 e. The minimum Gasteiger partial charge on any atom is -0.326 e. The Kier molecular flexibility index (Phi) is 4.22. The number of hydrogen-bond donors (Lipinski definition) is 2. The molecule has 1 aromatic carbocycles. The summed E-state index contributed by atoms with van der Waals surface area (Å²) in [4.78, 5) is 3.50. The minimum absolute atomic E-state index is 0.0430. The highest BCUT2D eigenvalue weighted by Crippen LogP contribution is 2.22. The predicted molar refractivity (Wildman–Crippen MR) is 74.3 cm³/mol. The van der Waals surface area contributed by atoms with Gasteiger partial charge in [0.15, 0.2) is 5.82 Å². The fraction of sp³-hybridized carbons (Fsp3) is 0.0833. The van der Waals surface area contributed by atoms with Gasteiger partial charge in [0.05, 0.1) is 16.8 Å². The molecule has 0 bridgehead atoms. The Morgan fingerprint density at radius 3 is 2.75 bits per heavy atom. The molecule has 5 nitrogen and oxygen atoms in total. The zero-order chi connectivity index (χ0) is 14.8. The Labute approximate surface area is 120 Å². The maximum atomic E-state index is 13.4. The molecule has 106 valence electrons. The molecule has 0 saturated heterocycles. The number of aromatic nitrogens is 1. The topological polar surface area (TPSA) is 85.1 Å². The van der Waals surface area contributed by atoms with Gasteiger partial charge in [-0.15, -0.1) is 0 Å². The van der Waals surface area contributed by atoms with Crippen molar-refractivity contribution in [1.82, 2.24) is 4.98 Å². The van der Waals surface area contributed by atoms with E-state index in [0.29, 0.717) is 10.6 Å². The third-order valence-electron chi connectivity index (χ3n) is 2.56. The largest absolute Gasteiger partial charge is 0.326 e. The van der Waals surface area contributed by atoms with Gasteiger partial charge in [-0.05, 0) is 29.8 Å². The molecule has 0 unspecified atom stereocenters. The maximum Gasteiger partial charge on any atom is 0.261 e. The lowest BCUT2D eigenvalue weighted by Crippen LogP contribution is -2.14. The van der Waals surface area contributed by atoms with Gasteiger partial charge in [0.25, 0.3) is 10.0 Å². The molecule has 0 saturated carbocycles. The second-order valence-corrected chi connectivity index (χ2v) is 6.01. The predicted octanol–water partition coefficient (Wildman–Crippen LogP) is 2.13. The Morgan fingerprint density at radius 1 is 1.35 bits per heavy atom. The molecule has 8 heteroatoms. The van der Waals surface area contributed by atoms with Crippen LogP contribution in [0.1, 0.15) is 5.56 Å². The molecule has 2 aromatic rings. The summed E-state index contributed by atoms with van der Waals surface area (Å²) in [6.07, 6.45) is 2.21. The van der Waals surface area contributed by atoms with Crippen LogP contribution < -0.4 is 10.5 Å². The Morgan fingerprint density at radius 2 is 2.10 bits per heavy atom. The number of pyridine rings is 1. The number of sulfonamides is 1. The Balaban J connectivity index is 2.38. The molecule has 0 aliphatic rings. The van der Waals surface area contributed by atoms with E-state index in [-0.39, 0.29) is 17.1 Å². The number of nitrogens with two attached hydrogens (primary N) is 1. The standard InChI is InChI=1S/C12H11ClFN3O2S/c13-10-2-1-9(5-8(10)6-15)20(18,19)17-12-3-4-16-7-11(12)14/h1-5,7H,6,15H2,(H,16,17). The minimum atomic E-state index is -3.92. The molecule has 3 N–H and O–H groups in total. The van der Waals surface area contributed by atoms with Crippen molar-refractivity contribution >= 4 is 27.3 Å². The molecule has 20 heavy (non-hydrogen) atoms. The van der Waals surface area contributed by atoms with Crippen LogP contribution in [0.15, 0.2) is 41.6 Å². The summed E-state index contributed by atoms with van der Waals surface area (Å²) < 4.78 is 39.9. The van der Waals surface area contributed by atoms with E-state index < -0.39 is 15.8 Å². The van der Waals surface area contributed by atoms with E-state index in [4.69, 9.17) is 17.3 Å². The summed E-state index contributed by atoms with van der Waals surface area (Å²) in [6.45, 7) is 0.103. The average Bonchev–Trinajstić information content (AvgIpc) is 2.41. The zero-order valence-corrected chi connectivity index (χ0v) is 11.7. The second-order valence-electron chi connectivity index (χ2n) is 3.92. The van der Waals surface area contributed by atoms with Crippen LogP contribution in [-0.2, 0) is 16.6 Å². The van der Waals surface area contributed by atoms with Gasteiger partial charge in [-0.3, -0.25) is 9.71 Å². The van der Waals surface area contributed by atoms with Gasteiger partial charge >= 0.3 is 0 Å². The lowest BCUT2D eigenvalue weighted by Gasteiger charge is -2.10. The average molecular weight is 316 g/mol. The first-order chi connectivity index (χ1) is 9.44. The van der Waals surface area contributed by atoms with E-state index in [1.165, 1.54) is 30.5 Å². The molecule has 2 rings (SSSR count). The highest BCUT2D eigenvalue weighted by molar-refractivity contribution is 7.92. The van der Waals surface area contributed by atoms with Gasteiger partial charge < -0.3 is 5.73 Å². The molecule has 0 radical (unpaired) electrons. The molecular formula is C12H11ClFN3O2S. The van der Waals surface area contributed by atoms with E-state index in [1.807, 2.05) is 0 Å². The van der Waals surface area contributed by atoms with Crippen LogP contribution in [-0.4, -0.2) is 13.4 Å². The molecule has 1 heterocycles. The van der Waals surface area contributed by atoms with E-state index in [2.05, 4.69) is 9.71 Å². The van der Waals surface area contributed by atoms with Crippen molar-refractivity contribution < 1.29 is 12.8 Å². The maximum absolute atomic E-state index is 13.4. The number of nitrogens with one attached hydrogen (secondary N) is 1. The van der Waals surface area contributed by atoms with Crippen molar-refractivity contribution in [3.8, 4) is 0 Å². The highest BCUT2D eigenvalue weighted by atomic mass is 35.5. The zero-order valence-electron chi connectivity index (χ0n) is 10.2. The van der Waals surface area contributed by atoms with E-state index in [1.54, 1.807) is 0 Å². The first-order valence-electron chi connectivity index (χ1n) is 5.55. The normalized spacial score (nSPS) is 11.3. The van der Waals surface area contributed by atoms with E-state index in [9.17, 15) is 12.8 Å². The number of hydrogen-bond acceptors (Lipinski definition) is 4. The molecule has 1 aromatic heterocycles. The van der Waals surface area contributed by atoms with Crippen LogP contribution >= 0.6 is 11.6 Å². The van der Waals surface area contributed by atoms with Crippen LogP contribution in [0.3, 0.4) is 0 Å². The fourth-order valence-corrected chi connectivity index (χ4v) is 2.85. The fourth-order valence-electron chi connectivity index (χ4n) is 1.54. The first kappa shape index (κ1) is 14.7. The van der Waals surface area contributed by atoms with Gasteiger partial charge in [-0.1, -0.05) is 11.6 Å². The molecule has 0 spiro atoms. The number of benzene rings is 1. The van der Waals surface area contributed by atoms with Crippen molar-refractivity contribution in [1.29, 1.82) is 0 Å². The summed E-state index contributed by atoms with van der Waals surface area (Å²) in [7, 11) is -3.92. The Bertz CT molecular complexity index is 737. The summed E-state index contributed by atoms with van der Waals surface area (Å²) in [5.41, 5.74) is 5.79.